The fourth-order valence-corrected chi connectivity index (χ4v) is 9.61. The molecule has 3 atom stereocenters. The highest BCUT2D eigenvalue weighted by molar-refractivity contribution is 7.92. The minimum absolute atomic E-state index is 0.185. The zero-order valence-electron chi connectivity index (χ0n) is 38.2. The number of rotatable bonds is 17. The van der Waals surface area contributed by atoms with Gasteiger partial charge in [-0.25, -0.2) is 30.6 Å². The lowest BCUT2D eigenvalue weighted by molar-refractivity contribution is -0.146. The molecule has 17 nitrogen and oxygen atoms in total. The second kappa shape index (κ2) is 20.1. The van der Waals surface area contributed by atoms with E-state index in [0.717, 1.165) is 36.6 Å². The average Bonchev–Trinajstić information content (AvgIpc) is 3.77. The Kier molecular flexibility index (Phi) is 15.3. The lowest BCUT2D eigenvalue weighted by Gasteiger charge is -2.23. The van der Waals surface area contributed by atoms with Crippen molar-refractivity contribution in [3.63, 3.8) is 0 Å². The summed E-state index contributed by atoms with van der Waals surface area (Å²) in [5.74, 6) is -6.38. The number of aromatic nitrogens is 5. The quantitative estimate of drug-likeness (QED) is 0.0190. The molecule has 400 valence electrons. The number of pyridine rings is 1. The van der Waals surface area contributed by atoms with E-state index in [1.54, 1.807) is 0 Å². The monoisotopic (exact) mass is 1130 g/mol. The van der Waals surface area contributed by atoms with Crippen molar-refractivity contribution < 1.29 is 89.4 Å². The van der Waals surface area contributed by atoms with Crippen LogP contribution in [0.25, 0.3) is 22.0 Å². The van der Waals surface area contributed by atoms with E-state index in [0.29, 0.717) is 15.1 Å². The normalized spacial score (nSPS) is 17.0. The topological polar surface area (TPSA) is 233 Å². The number of thiol groups is 1. The molecule has 0 bridgehead atoms. The molecule has 0 spiro atoms. The molecule has 3 aromatic heterocycles. The van der Waals surface area contributed by atoms with Crippen LogP contribution in [0.2, 0.25) is 5.02 Å². The van der Waals surface area contributed by atoms with Gasteiger partial charge in [0.1, 0.15) is 40.9 Å². The van der Waals surface area contributed by atoms with Gasteiger partial charge in [-0.2, -0.15) is 49.6 Å². The summed E-state index contributed by atoms with van der Waals surface area (Å²) in [7, 11) is -12.4. The first kappa shape index (κ1) is 56.1. The van der Waals surface area contributed by atoms with Crippen molar-refractivity contribution in [2.75, 3.05) is 19.1 Å². The number of halogens is 11. The molecular weight excluding hydrogens is 1100 g/mol. The van der Waals surface area contributed by atoms with E-state index in [9.17, 15) is 66.1 Å². The highest BCUT2D eigenvalue weighted by Gasteiger charge is 2.68. The van der Waals surface area contributed by atoms with Crippen LogP contribution in [0.1, 0.15) is 78.2 Å². The van der Waals surface area contributed by atoms with Gasteiger partial charge in [-0.3, -0.25) is 23.5 Å². The molecule has 0 radical (unpaired) electrons. The molecule has 0 aliphatic heterocycles. The highest BCUT2D eigenvalue weighted by atomic mass is 35.5. The van der Waals surface area contributed by atoms with Crippen LogP contribution in [0, 0.1) is 29.4 Å². The largest absolute Gasteiger partial charge is 0.448 e. The molecule has 74 heavy (non-hydrogen) atoms. The van der Waals surface area contributed by atoms with Gasteiger partial charge in [0.15, 0.2) is 22.3 Å². The van der Waals surface area contributed by atoms with Gasteiger partial charge in [0.25, 0.3) is 5.92 Å². The molecule has 5 aromatic rings. The third kappa shape index (κ3) is 12.4. The van der Waals surface area contributed by atoms with Gasteiger partial charge in [-0.1, -0.05) is 23.6 Å². The fraction of sp³-hybridized carbons (Fsp3) is 0.419. The van der Waals surface area contributed by atoms with Crippen LogP contribution < -0.4 is 5.32 Å². The van der Waals surface area contributed by atoms with E-state index in [-0.39, 0.29) is 43.9 Å². The second-order valence-electron chi connectivity index (χ2n) is 17.8. The van der Waals surface area contributed by atoms with Crippen LogP contribution in [0.4, 0.5) is 43.9 Å². The van der Waals surface area contributed by atoms with Crippen LogP contribution in [-0.4, -0.2) is 97.4 Å². The maximum Gasteiger partial charge on any atom is 0.435 e. The Morgan fingerprint density at radius 2 is 1.68 bits per heavy atom. The number of benzene rings is 2. The predicted octanol–water partition coefficient (Wildman–Crippen LogP) is 6.69. The van der Waals surface area contributed by atoms with Crippen LogP contribution in [0.3, 0.4) is 0 Å². The zero-order valence-corrected chi connectivity index (χ0v) is 41.6. The van der Waals surface area contributed by atoms with Gasteiger partial charge in [0, 0.05) is 40.3 Å². The van der Waals surface area contributed by atoms with Crippen molar-refractivity contribution in [1.82, 2.24) is 34.2 Å². The molecular formula is C43H39ClF10N7O10PS2. The number of hydrogen-bond donors (Lipinski definition) is 4. The second-order valence-corrected chi connectivity index (χ2v) is 23.6. The highest BCUT2D eigenvalue weighted by Crippen LogP contribution is 2.68. The third-order valence-electron chi connectivity index (χ3n) is 11.9. The van der Waals surface area contributed by atoms with Crippen LogP contribution >= 0.6 is 19.2 Å². The van der Waals surface area contributed by atoms with Gasteiger partial charge >= 0.3 is 25.9 Å². The van der Waals surface area contributed by atoms with E-state index in [1.165, 1.54) is 19.9 Å². The molecule has 2 aliphatic rings. The minimum Gasteiger partial charge on any atom is -0.448 e. The molecule has 2 aliphatic carbocycles. The van der Waals surface area contributed by atoms with E-state index < -0.39 is 172 Å². The van der Waals surface area contributed by atoms with Crippen LogP contribution in [0.15, 0.2) is 42.5 Å². The molecule has 3 heterocycles. The van der Waals surface area contributed by atoms with Crippen molar-refractivity contribution in [2.24, 2.45) is 5.92 Å². The maximum absolute atomic E-state index is 15.6. The Bertz CT molecular complexity index is 3380. The van der Waals surface area contributed by atoms with Gasteiger partial charge in [-0.05, 0) is 74.4 Å². The SMILES string of the molecule is CC(C)(C#Cc1ccc(-c2ccc(Cl)c3c(CN(COC(=O)CCP(=O)(O)O)[SH](=O)=O)nn(CC(F)(F)F)c23)c(C(Cc2cc(F)cc(F)c2)NC(=O)Cn2nc(C(F)(F)F)c3c2C(F)(F)[C@@H]2C[C@H]32)n1)S(C)(=O)=O. The molecule has 3 N–H and O–H groups in total. The first-order valence-electron chi connectivity index (χ1n) is 21.4. The van der Waals surface area contributed by atoms with Crippen molar-refractivity contribution in [3.05, 3.63) is 98.7 Å². The van der Waals surface area contributed by atoms with Gasteiger partial charge in [-0.15, -0.1) is 0 Å². The number of nitrogens with one attached hydrogen (secondary N) is 1. The van der Waals surface area contributed by atoms with E-state index in [2.05, 4.69) is 32.3 Å². The first-order chi connectivity index (χ1) is 34.0. The molecule has 31 heteroatoms. The Hall–Kier alpha value is -5.63. The number of amides is 1. The van der Waals surface area contributed by atoms with Gasteiger partial charge in [0.2, 0.25) is 16.8 Å². The number of nitrogens with zero attached hydrogens (tertiary/aromatic N) is 6. The number of alkyl halides is 8. The number of hydrogen-bond acceptors (Lipinski definition) is 11. The minimum atomic E-state index is -5.23. The summed E-state index contributed by atoms with van der Waals surface area (Å²) in [6.45, 7) is -2.84. The summed E-state index contributed by atoms with van der Waals surface area (Å²) < 4.78 is 212. The number of sulfone groups is 1. The summed E-state index contributed by atoms with van der Waals surface area (Å²) in [4.78, 5) is 49.1. The van der Waals surface area contributed by atoms with Gasteiger partial charge < -0.3 is 19.8 Å². The lowest BCUT2D eigenvalue weighted by atomic mass is 9.93. The first-order valence-corrected chi connectivity index (χ1v) is 26.6. The Labute approximate surface area is 419 Å². The molecule has 1 amide bonds. The standard InChI is InChI=1S/C43H39ClF10N7O10PS2/c1-40(2,74(3,69)70)10-8-24-4-5-25(26-6-7-29(44)35-31(57-61(37(26)35)19-41(47,48)49)17-59(73(67)68)20-71-33(63)9-11-72(64,65)66)36(55-24)30(14-21-12-22(45)15-23(46)13-21)56-32(62)18-60-39-34(38(58-60)43(52,53)54)27-16-28(27)42(39,50)51/h4-7,12-13,15,27-28,30,73H,9,11,14,16-20H2,1-3H3,(H,56,62)(H2,64,65,66)/t27-,28+,30?/m0/s1. The summed E-state index contributed by atoms with van der Waals surface area (Å²) >= 11 is 6.61. The number of fused-ring (bicyclic) bond motifs is 4. The van der Waals surface area contributed by atoms with Crippen LogP contribution in [-0.2, 0) is 77.8 Å². The third-order valence-corrected chi connectivity index (χ3v) is 15.7. The van der Waals surface area contributed by atoms with E-state index >= 15 is 8.78 Å². The number of carbonyl (C=O) groups excluding carboxylic acids is 2. The Morgan fingerprint density at radius 1 is 1.03 bits per heavy atom. The maximum atomic E-state index is 15.6. The summed E-state index contributed by atoms with van der Waals surface area (Å²) in [6.07, 6.45) is -12.3. The molecule has 1 saturated carbocycles. The lowest BCUT2D eigenvalue weighted by Crippen LogP contribution is -2.35. The molecule has 1 unspecified atom stereocenters. The van der Waals surface area contributed by atoms with E-state index in [1.807, 2.05) is 0 Å². The zero-order chi connectivity index (χ0) is 54.8. The van der Waals surface area contributed by atoms with E-state index in [4.69, 9.17) is 26.1 Å². The summed E-state index contributed by atoms with van der Waals surface area (Å²) in [5, 5.41) is 9.08. The molecule has 2 aromatic carbocycles. The smallest absolute Gasteiger partial charge is 0.435 e. The summed E-state index contributed by atoms with van der Waals surface area (Å²) in [6, 6.07) is 4.87. The van der Waals surface area contributed by atoms with Crippen molar-refractivity contribution in [2.45, 2.75) is 87.7 Å². The average molecular weight is 1130 g/mol. The predicted molar refractivity (Wildman–Crippen MR) is 241 cm³/mol. The number of ether oxygens (including phenoxy) is 1. The van der Waals surface area contributed by atoms with Crippen LogP contribution in [0.5, 0.6) is 0 Å². The van der Waals surface area contributed by atoms with Crippen molar-refractivity contribution in [1.29, 1.82) is 0 Å². The molecule has 0 saturated heterocycles. The fourth-order valence-electron chi connectivity index (χ4n) is 8.24. The number of esters is 1. The van der Waals surface area contributed by atoms with Gasteiger partial charge in [0.05, 0.1) is 47.1 Å². The van der Waals surface area contributed by atoms with Crippen molar-refractivity contribution in [3.8, 4) is 23.0 Å². The Balaban J connectivity index is 1.41. The summed E-state index contributed by atoms with van der Waals surface area (Å²) in [5.41, 5.74) is -6.17. The molecule has 1 fully saturated rings. The van der Waals surface area contributed by atoms with Crippen molar-refractivity contribution >= 4 is 62.7 Å². The Morgan fingerprint density at radius 3 is 2.27 bits per heavy atom. The molecule has 7 rings (SSSR count). The number of carbonyl (C=O) groups is 2.